The molecule has 0 fully saturated rings. The number of amides is 2. The Kier molecular flexibility index (Phi) is 6.56. The Morgan fingerprint density at radius 2 is 1.52 bits per heavy atom. The number of hydrogen-bond donors (Lipinski definition) is 2. The van der Waals surface area contributed by atoms with Gasteiger partial charge in [0.15, 0.2) is 0 Å². The Bertz CT molecular complexity index is 990. The van der Waals surface area contributed by atoms with Gasteiger partial charge >= 0.3 is 0 Å². The first-order valence-electron chi connectivity index (χ1n) is 8.89. The summed E-state index contributed by atoms with van der Waals surface area (Å²) in [5, 5.41) is 17.2. The molecule has 150 valence electrons. The van der Waals surface area contributed by atoms with Crippen molar-refractivity contribution in [3.8, 4) is 0 Å². The second-order valence-corrected chi connectivity index (χ2v) is 7.35. The van der Waals surface area contributed by atoms with Gasteiger partial charge in [0.05, 0.1) is 32.9 Å². The molecule has 2 N–H and O–H groups in total. The fourth-order valence-electron chi connectivity index (χ4n) is 3.17. The molecule has 0 unspecified atom stereocenters. The summed E-state index contributed by atoms with van der Waals surface area (Å²) in [6, 6.07) is 11.3. The molecule has 2 amide bonds. The lowest BCUT2D eigenvalue weighted by molar-refractivity contribution is -0.313. The van der Waals surface area contributed by atoms with Crippen LogP contribution in [0, 0.1) is 11.8 Å². The van der Waals surface area contributed by atoms with Crippen LogP contribution in [0.15, 0.2) is 54.6 Å². The maximum atomic E-state index is 12.7. The maximum absolute atomic E-state index is 12.7. The van der Waals surface area contributed by atoms with Crippen LogP contribution in [0.25, 0.3) is 0 Å². The number of para-hydroxylation sites is 1. The van der Waals surface area contributed by atoms with E-state index in [1.165, 1.54) is 0 Å². The van der Waals surface area contributed by atoms with Crippen molar-refractivity contribution in [2.45, 2.75) is 12.8 Å². The van der Waals surface area contributed by atoms with E-state index in [4.69, 9.17) is 23.2 Å². The number of benzene rings is 2. The van der Waals surface area contributed by atoms with Gasteiger partial charge in [-0.25, -0.2) is 0 Å². The summed E-state index contributed by atoms with van der Waals surface area (Å²) in [5.41, 5.74) is 0.799. The highest BCUT2D eigenvalue weighted by molar-refractivity contribution is 6.44. The summed E-state index contributed by atoms with van der Waals surface area (Å²) in [7, 11) is 0. The predicted octanol–water partition coefficient (Wildman–Crippen LogP) is 3.52. The highest BCUT2D eigenvalue weighted by Crippen LogP contribution is 2.31. The fourth-order valence-corrected chi connectivity index (χ4v) is 3.52. The number of nitrogens with one attached hydrogen (secondary N) is 2. The van der Waals surface area contributed by atoms with Crippen LogP contribution < -0.4 is 15.7 Å². The molecule has 8 heteroatoms. The molecular formula is C21H17Cl2N2O4-. The molecule has 0 saturated carbocycles. The van der Waals surface area contributed by atoms with Crippen molar-refractivity contribution in [3.05, 3.63) is 70.2 Å². The molecule has 0 bridgehead atoms. The lowest BCUT2D eigenvalue weighted by Gasteiger charge is -2.28. The minimum Gasteiger partial charge on any atom is -0.550 e. The first kappa shape index (κ1) is 20.9. The molecule has 6 nitrogen and oxygen atoms in total. The lowest BCUT2D eigenvalue weighted by atomic mass is 9.82. The van der Waals surface area contributed by atoms with Gasteiger partial charge < -0.3 is 20.5 Å². The van der Waals surface area contributed by atoms with Crippen molar-refractivity contribution in [2.24, 2.45) is 11.8 Å². The topological polar surface area (TPSA) is 98.3 Å². The number of halogens is 2. The molecule has 0 heterocycles. The van der Waals surface area contributed by atoms with Crippen LogP contribution >= 0.6 is 23.2 Å². The Labute approximate surface area is 177 Å². The minimum absolute atomic E-state index is 0.202. The van der Waals surface area contributed by atoms with Gasteiger partial charge in [0.2, 0.25) is 5.91 Å². The summed E-state index contributed by atoms with van der Waals surface area (Å²) in [4.78, 5) is 36.8. The summed E-state index contributed by atoms with van der Waals surface area (Å²) >= 11 is 12.1. The Morgan fingerprint density at radius 1 is 0.862 bits per heavy atom. The van der Waals surface area contributed by atoms with Gasteiger partial charge in [0.1, 0.15) is 0 Å². The van der Waals surface area contributed by atoms with Crippen LogP contribution in [-0.2, 0) is 9.59 Å². The number of rotatable bonds is 5. The number of allylic oxidation sites excluding steroid dienone is 2. The molecule has 0 aromatic heterocycles. The maximum Gasteiger partial charge on any atom is 0.257 e. The quantitative estimate of drug-likeness (QED) is 0.707. The third kappa shape index (κ3) is 4.78. The summed E-state index contributed by atoms with van der Waals surface area (Å²) in [5.74, 6) is -3.93. The molecule has 1 aliphatic rings. The molecular weight excluding hydrogens is 415 g/mol. The Hall–Kier alpha value is -2.83. The number of carbonyl (C=O) groups excluding carboxylic acids is 3. The van der Waals surface area contributed by atoms with Crippen molar-refractivity contribution in [2.75, 3.05) is 10.6 Å². The van der Waals surface area contributed by atoms with Crippen molar-refractivity contribution in [1.29, 1.82) is 0 Å². The normalized spacial score (nSPS) is 18.1. The summed E-state index contributed by atoms with van der Waals surface area (Å²) in [6.45, 7) is 0. The zero-order valence-corrected chi connectivity index (χ0v) is 16.7. The van der Waals surface area contributed by atoms with Crippen LogP contribution in [0.1, 0.15) is 23.2 Å². The van der Waals surface area contributed by atoms with Gasteiger partial charge in [-0.05, 0) is 37.1 Å². The second-order valence-electron chi connectivity index (χ2n) is 6.57. The van der Waals surface area contributed by atoms with E-state index >= 15 is 0 Å². The lowest BCUT2D eigenvalue weighted by Crippen LogP contribution is -2.41. The zero-order chi connectivity index (χ0) is 21.0. The first-order chi connectivity index (χ1) is 13.9. The summed E-state index contributed by atoms with van der Waals surface area (Å²) < 4.78 is 0. The number of carbonyl (C=O) groups is 3. The number of hydrogen-bond acceptors (Lipinski definition) is 4. The average molecular weight is 432 g/mol. The van der Waals surface area contributed by atoms with Gasteiger partial charge in [-0.1, -0.05) is 53.6 Å². The van der Waals surface area contributed by atoms with Crippen molar-refractivity contribution in [3.63, 3.8) is 0 Å². The molecule has 2 aromatic rings. The number of aliphatic carboxylic acids is 1. The van der Waals surface area contributed by atoms with E-state index in [-0.39, 0.29) is 29.1 Å². The van der Waals surface area contributed by atoms with Crippen LogP contribution in [0.4, 0.5) is 11.4 Å². The average Bonchev–Trinajstić information content (AvgIpc) is 2.71. The third-order valence-electron chi connectivity index (χ3n) is 4.70. The fraction of sp³-hybridized carbons (Fsp3) is 0.190. The minimum atomic E-state index is -1.27. The number of anilines is 2. The highest BCUT2D eigenvalue weighted by atomic mass is 35.5. The molecule has 0 radical (unpaired) electrons. The Balaban J connectivity index is 1.80. The molecule has 1 aliphatic carbocycles. The van der Waals surface area contributed by atoms with E-state index in [0.29, 0.717) is 10.7 Å². The highest BCUT2D eigenvalue weighted by Gasteiger charge is 2.30. The molecule has 0 aliphatic heterocycles. The standard InChI is InChI=1S/C21H18Cl2N2O4/c22-15-9-5-11-17(18(15)23)25-20(27)14-8-3-4-10-16(14)24-19(26)12-6-1-2-7-13(12)21(28)29/h1-5,8-13H,6-7H2,(H,24,26)(H,25,27)(H,28,29)/p-1/t12-,13-/m0/s1. The van der Waals surface area contributed by atoms with Crippen LogP contribution in [0.3, 0.4) is 0 Å². The number of carboxylic acid groups (broad SMARTS) is 1. The van der Waals surface area contributed by atoms with Gasteiger partial charge in [-0.3, -0.25) is 9.59 Å². The van der Waals surface area contributed by atoms with Crippen LogP contribution in [0.2, 0.25) is 10.0 Å². The smallest absolute Gasteiger partial charge is 0.257 e. The first-order valence-corrected chi connectivity index (χ1v) is 9.65. The van der Waals surface area contributed by atoms with Crippen molar-refractivity contribution < 1.29 is 19.5 Å². The van der Waals surface area contributed by atoms with Crippen LogP contribution in [-0.4, -0.2) is 17.8 Å². The van der Waals surface area contributed by atoms with E-state index in [9.17, 15) is 19.5 Å². The third-order valence-corrected chi connectivity index (χ3v) is 5.52. The van der Waals surface area contributed by atoms with Crippen LogP contribution in [0.5, 0.6) is 0 Å². The molecule has 29 heavy (non-hydrogen) atoms. The van der Waals surface area contributed by atoms with E-state index in [0.717, 1.165) is 0 Å². The monoisotopic (exact) mass is 431 g/mol. The summed E-state index contributed by atoms with van der Waals surface area (Å²) in [6.07, 6.45) is 4.01. The molecule has 0 saturated heterocycles. The molecule has 2 aromatic carbocycles. The molecule has 0 spiro atoms. The van der Waals surface area contributed by atoms with Crippen molar-refractivity contribution >= 4 is 52.4 Å². The second kappa shape index (κ2) is 9.11. The number of carboxylic acids is 1. The van der Waals surface area contributed by atoms with Gasteiger partial charge in [-0.15, -0.1) is 0 Å². The van der Waals surface area contributed by atoms with Gasteiger partial charge in [0, 0.05) is 11.9 Å². The van der Waals surface area contributed by atoms with E-state index in [1.54, 1.807) is 54.6 Å². The predicted molar refractivity (Wildman–Crippen MR) is 110 cm³/mol. The zero-order valence-electron chi connectivity index (χ0n) is 15.2. The van der Waals surface area contributed by atoms with Gasteiger partial charge in [0.25, 0.3) is 5.91 Å². The largest absolute Gasteiger partial charge is 0.550 e. The molecule has 2 atom stereocenters. The SMILES string of the molecule is O=C(Nc1cccc(Cl)c1Cl)c1ccccc1NC(=O)[C@H]1CC=CC[C@@H]1C(=O)[O-]. The Morgan fingerprint density at radius 3 is 2.24 bits per heavy atom. The van der Waals surface area contributed by atoms with E-state index in [2.05, 4.69) is 10.6 Å². The molecule has 3 rings (SSSR count). The van der Waals surface area contributed by atoms with Crippen molar-refractivity contribution in [1.82, 2.24) is 0 Å². The van der Waals surface area contributed by atoms with E-state index < -0.39 is 29.6 Å². The van der Waals surface area contributed by atoms with Gasteiger partial charge in [-0.2, -0.15) is 0 Å². The van der Waals surface area contributed by atoms with E-state index in [1.807, 2.05) is 0 Å².